The van der Waals surface area contributed by atoms with Crippen molar-refractivity contribution in [2.75, 3.05) is 40.9 Å². The first-order valence-electron chi connectivity index (χ1n) is 15.0. The number of nitrogens with zero attached hydrogens (tertiary/aromatic N) is 1. The van der Waals surface area contributed by atoms with Gasteiger partial charge in [0.05, 0.1) is 11.6 Å². The minimum Gasteiger partial charge on any atom is -0.495 e. The minimum atomic E-state index is -1.67. The average molecular weight is 671 g/mol. The highest BCUT2D eigenvalue weighted by molar-refractivity contribution is 6.11. The van der Waals surface area contributed by atoms with E-state index in [0.29, 0.717) is 47.8 Å². The summed E-state index contributed by atoms with van der Waals surface area (Å²) in [6.07, 6.45) is -0.333. The quantitative estimate of drug-likeness (QED) is 0.180. The third kappa shape index (κ3) is 8.32. The molecule has 3 aromatic rings. The van der Waals surface area contributed by atoms with E-state index in [1.807, 2.05) is 0 Å². The van der Waals surface area contributed by atoms with Gasteiger partial charge in [0.1, 0.15) is 41.8 Å². The Labute approximate surface area is 275 Å². The molecule has 1 saturated heterocycles. The number of hydroxylamine groups is 3. The second-order valence-electron chi connectivity index (χ2n) is 11.3. The number of quaternary nitrogens is 1. The van der Waals surface area contributed by atoms with Gasteiger partial charge in [0.25, 0.3) is 5.91 Å². The molecular formula is C34H36F2N2O10. The number of carbonyl (C=O) groups is 4. The van der Waals surface area contributed by atoms with Gasteiger partial charge in [-0.15, -0.1) is 0 Å². The van der Waals surface area contributed by atoms with E-state index >= 15 is 0 Å². The monoisotopic (exact) mass is 670 g/mol. The summed E-state index contributed by atoms with van der Waals surface area (Å²) in [5.74, 6) is -4.22. The van der Waals surface area contributed by atoms with Gasteiger partial charge in [-0.25, -0.2) is 13.6 Å². The zero-order valence-electron chi connectivity index (χ0n) is 26.9. The van der Waals surface area contributed by atoms with E-state index in [2.05, 4.69) is 5.32 Å². The molecule has 0 aromatic heterocycles. The molecule has 0 spiro atoms. The van der Waals surface area contributed by atoms with Gasteiger partial charge in [-0.05, 0) is 62.1 Å². The van der Waals surface area contributed by atoms with Gasteiger partial charge in [0, 0.05) is 43.9 Å². The van der Waals surface area contributed by atoms with Crippen molar-refractivity contribution < 1.29 is 61.5 Å². The molecule has 1 aliphatic rings. The number of ether oxygens (including phenoxy) is 4. The molecule has 1 aliphatic heterocycles. The topological polar surface area (TPSA) is 150 Å². The van der Waals surface area contributed by atoms with Gasteiger partial charge < -0.3 is 34.2 Å². The number of halogens is 2. The van der Waals surface area contributed by atoms with Crippen LogP contribution in [-0.4, -0.2) is 75.3 Å². The Morgan fingerprint density at radius 1 is 0.875 bits per heavy atom. The number of hydrogen-bond donors (Lipinski definition) is 1. The number of aryl methyl sites for hydroxylation is 2. The summed E-state index contributed by atoms with van der Waals surface area (Å²) < 4.78 is 47.7. The fourth-order valence-corrected chi connectivity index (χ4v) is 5.52. The Morgan fingerprint density at radius 3 is 2.12 bits per heavy atom. The standard InChI is InChI=1S/C34H36F2N2O10/c1-20-13-24(14-21(2)31(20)47-19-45-4)32(40)37-26-7-5-6-12-38(17-26,34(42)43)48-33(41)23-10-8-22(9-11-23)30(39)29-27(36)15-25(35)16-28(29)46-18-44-3/h8-11,13-16,26H,5-7,12,17-19H2,1-4H3,(H-,37,40,42,43). The van der Waals surface area contributed by atoms with Crippen LogP contribution in [-0.2, 0) is 14.3 Å². The number of hydrogen-bond acceptors (Lipinski definition) is 10. The highest BCUT2D eigenvalue weighted by Crippen LogP contribution is 2.28. The normalized spacial score (nSPS) is 17.6. The summed E-state index contributed by atoms with van der Waals surface area (Å²) in [5.41, 5.74) is 1.06. The van der Waals surface area contributed by atoms with E-state index in [1.165, 1.54) is 38.5 Å². The number of methoxy groups -OCH3 is 2. The van der Waals surface area contributed by atoms with Crippen molar-refractivity contribution >= 4 is 23.8 Å². The van der Waals surface area contributed by atoms with Crippen LogP contribution in [0, 0.1) is 25.5 Å². The van der Waals surface area contributed by atoms with Gasteiger partial charge in [0.15, 0.2) is 19.4 Å². The first kappa shape index (κ1) is 35.9. The van der Waals surface area contributed by atoms with Crippen LogP contribution in [0.4, 0.5) is 13.6 Å². The zero-order chi connectivity index (χ0) is 35.0. The lowest BCUT2D eigenvalue weighted by atomic mass is 10.0. The van der Waals surface area contributed by atoms with Crippen LogP contribution in [0.5, 0.6) is 11.5 Å². The maximum absolute atomic E-state index is 14.6. The highest BCUT2D eigenvalue weighted by atomic mass is 19.1. The van der Waals surface area contributed by atoms with Crippen molar-refractivity contribution in [1.82, 2.24) is 5.32 Å². The highest BCUT2D eigenvalue weighted by Gasteiger charge is 2.42. The van der Waals surface area contributed by atoms with Gasteiger partial charge in [-0.1, -0.05) is 16.8 Å². The first-order valence-corrected chi connectivity index (χ1v) is 15.0. The second kappa shape index (κ2) is 15.8. The van der Waals surface area contributed by atoms with Gasteiger partial charge >= 0.3 is 12.1 Å². The molecule has 1 N–H and O–H groups in total. The number of benzene rings is 3. The smallest absolute Gasteiger partial charge is 0.398 e. The zero-order valence-corrected chi connectivity index (χ0v) is 26.9. The van der Waals surface area contributed by atoms with Crippen LogP contribution < -0.4 is 19.9 Å². The number of ketones is 1. The third-order valence-corrected chi connectivity index (χ3v) is 7.77. The summed E-state index contributed by atoms with van der Waals surface area (Å²) in [4.78, 5) is 57.6. The molecule has 0 bridgehead atoms. The van der Waals surface area contributed by atoms with Crippen LogP contribution in [0.25, 0.3) is 0 Å². The first-order chi connectivity index (χ1) is 22.9. The second-order valence-corrected chi connectivity index (χ2v) is 11.3. The van der Waals surface area contributed by atoms with Crippen LogP contribution in [0.2, 0.25) is 0 Å². The molecular weight excluding hydrogens is 634 g/mol. The number of amides is 2. The van der Waals surface area contributed by atoms with E-state index in [0.717, 1.165) is 6.07 Å². The lowest BCUT2D eigenvalue weighted by Crippen LogP contribution is -2.63. The molecule has 0 aliphatic carbocycles. The van der Waals surface area contributed by atoms with Gasteiger partial charge in [0.2, 0.25) is 0 Å². The molecule has 1 heterocycles. The van der Waals surface area contributed by atoms with E-state index < -0.39 is 51.6 Å². The fourth-order valence-electron chi connectivity index (χ4n) is 5.52. The number of carbonyl (C=O) groups excluding carboxylic acids is 4. The summed E-state index contributed by atoms with van der Waals surface area (Å²) in [6.45, 7) is 2.85. The van der Waals surface area contributed by atoms with Crippen molar-refractivity contribution in [2.24, 2.45) is 0 Å². The number of nitrogens with one attached hydrogen (secondary N) is 1. The minimum absolute atomic E-state index is 0.0427. The Kier molecular flexibility index (Phi) is 11.8. The van der Waals surface area contributed by atoms with Crippen molar-refractivity contribution in [3.63, 3.8) is 0 Å². The maximum atomic E-state index is 14.6. The summed E-state index contributed by atoms with van der Waals surface area (Å²) in [5, 5.41) is 15.4. The molecule has 1 fully saturated rings. The molecule has 0 saturated carbocycles. The predicted octanol–water partition coefficient (Wildman–Crippen LogP) is 3.99. The molecule has 3 aromatic carbocycles. The summed E-state index contributed by atoms with van der Waals surface area (Å²) >= 11 is 0. The van der Waals surface area contributed by atoms with Crippen molar-refractivity contribution in [2.45, 2.75) is 39.2 Å². The van der Waals surface area contributed by atoms with E-state index in [9.17, 15) is 33.1 Å². The van der Waals surface area contributed by atoms with Crippen LogP contribution in [0.3, 0.4) is 0 Å². The number of likely N-dealkylation sites (tertiary alicyclic amines) is 1. The molecule has 2 atom stereocenters. The van der Waals surface area contributed by atoms with Gasteiger partial charge in [-0.3, -0.25) is 14.4 Å². The largest absolute Gasteiger partial charge is 0.495 e. The third-order valence-electron chi connectivity index (χ3n) is 7.77. The van der Waals surface area contributed by atoms with Crippen molar-refractivity contribution in [1.29, 1.82) is 0 Å². The molecule has 12 nitrogen and oxygen atoms in total. The molecule has 2 amide bonds. The SMILES string of the molecule is COCOc1cc(F)cc(F)c1C(=O)c1ccc(C(=O)O[N+]2(C(=O)[O-])CCCCC(NC(=O)c3cc(C)c(OCOC)c(C)c3)C2)cc1. The lowest BCUT2D eigenvalue weighted by molar-refractivity contribution is -1.04. The molecule has 14 heteroatoms. The molecule has 0 radical (unpaired) electrons. The van der Waals surface area contributed by atoms with Crippen LogP contribution >= 0.6 is 0 Å². The number of rotatable bonds is 11. The summed E-state index contributed by atoms with van der Waals surface area (Å²) in [7, 11) is 2.79. The molecule has 4 rings (SSSR count). The van der Waals surface area contributed by atoms with Gasteiger partial charge in [-0.2, -0.15) is 0 Å². The predicted molar refractivity (Wildman–Crippen MR) is 163 cm³/mol. The van der Waals surface area contributed by atoms with E-state index in [-0.39, 0.29) is 43.6 Å². The number of carboxylic acid groups (broad SMARTS) is 1. The van der Waals surface area contributed by atoms with E-state index in [1.54, 1.807) is 26.0 Å². The fraction of sp³-hybridized carbons (Fsp3) is 0.353. The average Bonchev–Trinajstić information content (AvgIpc) is 3.25. The Morgan fingerprint density at radius 2 is 1.50 bits per heavy atom. The van der Waals surface area contributed by atoms with Crippen molar-refractivity contribution in [3.8, 4) is 11.5 Å². The van der Waals surface area contributed by atoms with E-state index in [4.69, 9.17) is 23.8 Å². The summed E-state index contributed by atoms with van der Waals surface area (Å²) in [6, 6.07) is 8.84. The van der Waals surface area contributed by atoms with Crippen LogP contribution in [0.1, 0.15) is 67.0 Å². The molecule has 2 unspecified atom stereocenters. The molecule has 48 heavy (non-hydrogen) atoms. The molecule has 256 valence electrons. The Balaban J connectivity index is 1.50. The Hall–Kier alpha value is -4.92. The van der Waals surface area contributed by atoms with Crippen LogP contribution in [0.15, 0.2) is 48.5 Å². The van der Waals surface area contributed by atoms with Crippen molar-refractivity contribution in [3.05, 3.63) is 93.5 Å². The maximum Gasteiger partial charge on any atom is 0.398 e. The lowest BCUT2D eigenvalue weighted by Gasteiger charge is -2.34. The Bertz CT molecular complexity index is 1660.